The third-order valence-corrected chi connectivity index (χ3v) is 5.13. The third kappa shape index (κ3) is 8.02. The van der Waals surface area contributed by atoms with Gasteiger partial charge in [0.1, 0.15) is 24.1 Å². The van der Waals surface area contributed by atoms with Crippen molar-refractivity contribution >= 4 is 11.8 Å². The van der Waals surface area contributed by atoms with E-state index in [1.165, 1.54) is 12.5 Å². The van der Waals surface area contributed by atoms with Crippen LogP contribution in [0.15, 0.2) is 54.6 Å². The molecule has 2 rings (SSSR count). The van der Waals surface area contributed by atoms with Gasteiger partial charge in [0.2, 0.25) is 0 Å². The van der Waals surface area contributed by atoms with Crippen LogP contribution in [0.3, 0.4) is 0 Å². The van der Waals surface area contributed by atoms with Crippen molar-refractivity contribution in [3.05, 3.63) is 65.7 Å². The minimum Gasteiger partial charge on any atom is -0.494 e. The molecule has 0 bridgehead atoms. The molecular formula is C26H34O4. The fourth-order valence-corrected chi connectivity index (χ4v) is 3.18. The molecule has 1 atom stereocenters. The van der Waals surface area contributed by atoms with E-state index in [9.17, 15) is 9.59 Å². The third-order valence-electron chi connectivity index (χ3n) is 5.13. The average Bonchev–Trinajstić information content (AvgIpc) is 2.71. The predicted molar refractivity (Wildman–Crippen MR) is 120 cm³/mol. The van der Waals surface area contributed by atoms with E-state index in [0.29, 0.717) is 13.0 Å². The summed E-state index contributed by atoms with van der Waals surface area (Å²) in [6.45, 7) is 8.85. The number of carbonyl (C=O) groups is 2. The molecule has 0 radical (unpaired) electrons. The van der Waals surface area contributed by atoms with Crippen molar-refractivity contribution < 1.29 is 19.1 Å². The molecule has 162 valence electrons. The molecular weight excluding hydrogens is 376 g/mol. The molecule has 0 saturated carbocycles. The highest BCUT2D eigenvalue weighted by Gasteiger charge is 2.24. The summed E-state index contributed by atoms with van der Waals surface area (Å²) in [5.41, 5.74) is 2.33. The molecule has 2 aromatic rings. The summed E-state index contributed by atoms with van der Waals surface area (Å²) < 4.78 is 11.1. The Hall–Kier alpha value is -2.62. The van der Waals surface area contributed by atoms with Crippen LogP contribution in [0.25, 0.3) is 0 Å². The Balaban J connectivity index is 1.67. The normalized spacial score (nSPS) is 12.3. The maximum absolute atomic E-state index is 12.3. The second-order valence-electron chi connectivity index (χ2n) is 8.73. The first-order valence-electron chi connectivity index (χ1n) is 10.7. The number of ketones is 1. The standard InChI is InChI=1S/C26H34O4/c1-20(27)24(25(28)30-19-21-11-7-5-8-12-21)13-9-6-10-18-29-23-16-14-22(15-17-23)26(2,3)4/h5,7-8,11-12,14-17,24H,6,9-10,13,18-19H2,1-4H3. The molecule has 4 nitrogen and oxygen atoms in total. The van der Waals surface area contributed by atoms with Crippen LogP contribution >= 0.6 is 0 Å². The molecule has 30 heavy (non-hydrogen) atoms. The molecule has 0 aliphatic carbocycles. The maximum atomic E-state index is 12.3. The highest BCUT2D eigenvalue weighted by Crippen LogP contribution is 2.24. The molecule has 1 unspecified atom stereocenters. The first kappa shape index (κ1) is 23.7. The van der Waals surface area contributed by atoms with Crippen LogP contribution in [0.4, 0.5) is 0 Å². The number of Topliss-reactive ketones (excluding diaryl/α,β-unsaturated/α-hetero) is 1. The summed E-state index contributed by atoms with van der Waals surface area (Å²) >= 11 is 0. The summed E-state index contributed by atoms with van der Waals surface area (Å²) in [6, 6.07) is 17.7. The quantitative estimate of drug-likeness (QED) is 0.264. The fourth-order valence-electron chi connectivity index (χ4n) is 3.18. The number of unbranched alkanes of at least 4 members (excludes halogenated alkanes) is 2. The Morgan fingerprint density at radius 2 is 1.57 bits per heavy atom. The van der Waals surface area contributed by atoms with Gasteiger partial charge in [-0.25, -0.2) is 0 Å². The number of rotatable bonds is 11. The van der Waals surface area contributed by atoms with Gasteiger partial charge in [0, 0.05) is 0 Å². The van der Waals surface area contributed by atoms with E-state index in [-0.39, 0.29) is 17.8 Å². The van der Waals surface area contributed by atoms with Gasteiger partial charge in [0.05, 0.1) is 6.61 Å². The van der Waals surface area contributed by atoms with Crippen LogP contribution in [-0.4, -0.2) is 18.4 Å². The second-order valence-corrected chi connectivity index (χ2v) is 8.73. The summed E-state index contributed by atoms with van der Waals surface area (Å²) in [5.74, 6) is -0.376. The van der Waals surface area contributed by atoms with Crippen LogP contribution in [0, 0.1) is 5.92 Å². The lowest BCUT2D eigenvalue weighted by molar-refractivity contribution is -0.153. The summed E-state index contributed by atoms with van der Waals surface area (Å²) in [7, 11) is 0. The van der Waals surface area contributed by atoms with E-state index in [0.717, 1.165) is 30.6 Å². The number of hydrogen-bond donors (Lipinski definition) is 0. The largest absolute Gasteiger partial charge is 0.494 e. The van der Waals surface area contributed by atoms with E-state index >= 15 is 0 Å². The Labute approximate surface area is 180 Å². The van der Waals surface area contributed by atoms with Gasteiger partial charge in [0.15, 0.2) is 0 Å². The van der Waals surface area contributed by atoms with Gasteiger partial charge in [-0.2, -0.15) is 0 Å². The van der Waals surface area contributed by atoms with Crippen LogP contribution in [0.5, 0.6) is 5.75 Å². The number of carbonyl (C=O) groups excluding carboxylic acids is 2. The molecule has 0 heterocycles. The van der Waals surface area contributed by atoms with Crippen molar-refractivity contribution in [3.8, 4) is 5.75 Å². The van der Waals surface area contributed by atoms with Crippen molar-refractivity contribution in [2.75, 3.05) is 6.61 Å². The summed E-state index contributed by atoms with van der Waals surface area (Å²) in [4.78, 5) is 24.2. The van der Waals surface area contributed by atoms with Crippen molar-refractivity contribution in [3.63, 3.8) is 0 Å². The van der Waals surface area contributed by atoms with Gasteiger partial charge in [-0.1, -0.05) is 76.1 Å². The van der Waals surface area contributed by atoms with E-state index in [1.807, 2.05) is 42.5 Å². The highest BCUT2D eigenvalue weighted by molar-refractivity contribution is 5.97. The zero-order valence-corrected chi connectivity index (χ0v) is 18.6. The Bertz CT molecular complexity index is 788. The summed E-state index contributed by atoms with van der Waals surface area (Å²) in [6.07, 6.45) is 3.08. The Kier molecular flexibility index (Phi) is 9.10. The second kappa shape index (κ2) is 11.5. The molecule has 2 aromatic carbocycles. The van der Waals surface area contributed by atoms with Crippen LogP contribution in [0.2, 0.25) is 0 Å². The van der Waals surface area contributed by atoms with Crippen LogP contribution in [-0.2, 0) is 26.3 Å². The van der Waals surface area contributed by atoms with E-state index in [2.05, 4.69) is 32.9 Å². The Morgan fingerprint density at radius 1 is 0.900 bits per heavy atom. The van der Waals surface area contributed by atoms with Gasteiger partial charge in [-0.15, -0.1) is 0 Å². The lowest BCUT2D eigenvalue weighted by atomic mass is 9.87. The number of ether oxygens (including phenoxy) is 2. The monoisotopic (exact) mass is 410 g/mol. The average molecular weight is 411 g/mol. The van der Waals surface area contributed by atoms with Crippen LogP contribution in [0.1, 0.15) is 64.5 Å². The molecule has 0 aliphatic heterocycles. The van der Waals surface area contributed by atoms with E-state index in [1.54, 1.807) is 0 Å². The van der Waals surface area contributed by atoms with Crippen molar-refractivity contribution in [1.82, 2.24) is 0 Å². The smallest absolute Gasteiger partial charge is 0.316 e. The van der Waals surface area contributed by atoms with Gasteiger partial charge in [-0.3, -0.25) is 9.59 Å². The molecule has 0 aromatic heterocycles. The molecule has 0 aliphatic rings. The van der Waals surface area contributed by atoms with Gasteiger partial charge < -0.3 is 9.47 Å². The predicted octanol–water partition coefficient (Wildman–Crippen LogP) is 5.87. The van der Waals surface area contributed by atoms with Crippen molar-refractivity contribution in [2.24, 2.45) is 5.92 Å². The minimum absolute atomic E-state index is 0.133. The molecule has 0 saturated heterocycles. The lowest BCUT2D eigenvalue weighted by Crippen LogP contribution is -2.24. The SMILES string of the molecule is CC(=O)C(CCCCCOc1ccc(C(C)(C)C)cc1)C(=O)OCc1ccccc1. The van der Waals surface area contributed by atoms with Gasteiger partial charge in [-0.05, 0) is 48.4 Å². The molecule has 0 fully saturated rings. The van der Waals surface area contributed by atoms with E-state index in [4.69, 9.17) is 9.47 Å². The fraction of sp³-hybridized carbons (Fsp3) is 0.462. The molecule has 0 N–H and O–H groups in total. The van der Waals surface area contributed by atoms with Crippen LogP contribution < -0.4 is 4.74 Å². The first-order chi connectivity index (χ1) is 14.3. The Morgan fingerprint density at radius 3 is 2.17 bits per heavy atom. The minimum atomic E-state index is -0.681. The van der Waals surface area contributed by atoms with Crippen molar-refractivity contribution in [1.29, 1.82) is 0 Å². The molecule has 4 heteroatoms. The van der Waals surface area contributed by atoms with Gasteiger partial charge in [0.25, 0.3) is 0 Å². The highest BCUT2D eigenvalue weighted by atomic mass is 16.5. The maximum Gasteiger partial charge on any atom is 0.316 e. The topological polar surface area (TPSA) is 52.6 Å². The lowest BCUT2D eigenvalue weighted by Gasteiger charge is -2.19. The number of esters is 1. The van der Waals surface area contributed by atoms with Gasteiger partial charge >= 0.3 is 5.97 Å². The zero-order chi connectivity index (χ0) is 22.0. The molecule has 0 spiro atoms. The molecule has 0 amide bonds. The van der Waals surface area contributed by atoms with E-state index < -0.39 is 11.9 Å². The first-order valence-corrected chi connectivity index (χ1v) is 10.7. The number of hydrogen-bond acceptors (Lipinski definition) is 4. The summed E-state index contributed by atoms with van der Waals surface area (Å²) in [5, 5.41) is 0. The van der Waals surface area contributed by atoms with Crippen molar-refractivity contribution in [2.45, 2.75) is 65.4 Å². The zero-order valence-electron chi connectivity index (χ0n) is 18.6. The number of benzene rings is 2.